The molecule has 11 heteroatoms. The summed E-state index contributed by atoms with van der Waals surface area (Å²) in [5.41, 5.74) is 0. The number of hydrogen-bond acceptors (Lipinski definition) is 7. The van der Waals surface area contributed by atoms with E-state index in [-0.39, 0.29) is 17.4 Å². The van der Waals surface area contributed by atoms with Gasteiger partial charge in [0.1, 0.15) is 0 Å². The van der Waals surface area contributed by atoms with E-state index in [1.807, 2.05) is 0 Å². The third-order valence-corrected chi connectivity index (χ3v) is 0. The first-order chi connectivity index (χ1) is 4.00. The van der Waals surface area contributed by atoms with Crippen LogP contribution < -0.4 is 0 Å². The smallest absolute Gasteiger partial charge is 0.759 e. The zero-order chi connectivity index (χ0) is 9.00. The van der Waals surface area contributed by atoms with E-state index in [2.05, 4.69) is 0 Å². The summed E-state index contributed by atoms with van der Waals surface area (Å²) in [6.45, 7) is 0. The predicted octanol–water partition coefficient (Wildman–Crippen LogP) is -2.71. The molecule has 8 nitrogen and oxygen atoms in total. The first-order valence-corrected chi connectivity index (χ1v) is 4.05. The molecule has 0 aromatic heterocycles. The van der Waals surface area contributed by atoms with Crippen LogP contribution in [-0.2, 0) is 20.8 Å². The molecule has 0 aromatic rings. The maximum Gasteiger partial charge on any atom is 3.00 e. The molecule has 0 rings (SSSR count). The summed E-state index contributed by atoms with van der Waals surface area (Å²) < 4.78 is 66.9. The van der Waals surface area contributed by atoms with E-state index < -0.39 is 20.8 Å². The third kappa shape index (κ3) is 9470. The molecule has 1 N–H and O–H groups in total. The zero-order valence-electron chi connectivity index (χ0n) is 4.70. The van der Waals surface area contributed by atoms with Crippen molar-refractivity contribution in [3.8, 4) is 0 Å². The molecular formula is HAlO8S2. The summed E-state index contributed by atoms with van der Waals surface area (Å²) in [7, 11) is -10.1. The Labute approximate surface area is 73.5 Å². The average Bonchev–Trinajstić information content (AvgIpc) is 1.12. The van der Waals surface area contributed by atoms with Gasteiger partial charge in [0.25, 0.3) is 0 Å². The fourth-order valence-corrected chi connectivity index (χ4v) is 0. The Morgan fingerprint density at radius 1 is 0.909 bits per heavy atom. The molecule has 0 amide bonds. The second kappa shape index (κ2) is 5.86. The average molecular weight is 220 g/mol. The van der Waals surface area contributed by atoms with Gasteiger partial charge in [-0.1, -0.05) is 0 Å². The van der Waals surface area contributed by atoms with Gasteiger partial charge in [-0.25, -0.2) is 8.42 Å². The Morgan fingerprint density at radius 2 is 0.909 bits per heavy atom. The van der Waals surface area contributed by atoms with Crippen molar-refractivity contribution in [3.63, 3.8) is 0 Å². The van der Waals surface area contributed by atoms with Crippen LogP contribution >= 0.6 is 0 Å². The molecule has 0 saturated carbocycles. The molecule has 0 aliphatic carbocycles. The monoisotopic (exact) mass is 220 g/mol. The summed E-state index contributed by atoms with van der Waals surface area (Å²) in [5.74, 6) is 0. The van der Waals surface area contributed by atoms with E-state index in [0.717, 1.165) is 0 Å². The molecule has 0 saturated heterocycles. The van der Waals surface area contributed by atoms with Crippen LogP contribution in [-0.4, -0.2) is 52.4 Å². The minimum Gasteiger partial charge on any atom is -0.759 e. The van der Waals surface area contributed by atoms with Crippen LogP contribution in [0.25, 0.3) is 0 Å². The van der Waals surface area contributed by atoms with Crippen molar-refractivity contribution in [1.29, 1.82) is 0 Å². The predicted molar refractivity (Wildman–Crippen MR) is 28.6 cm³/mol. The maximum atomic E-state index is 8.63. The van der Waals surface area contributed by atoms with Crippen molar-refractivity contribution in [2.24, 2.45) is 0 Å². The molecule has 0 unspecified atom stereocenters. The Hall–Kier alpha value is 0.272. The fourth-order valence-electron chi connectivity index (χ4n) is 0. The van der Waals surface area contributed by atoms with Gasteiger partial charge in [-0.05, 0) is 0 Å². The SMILES string of the molecule is O=S(=O)([O-])O.O=S(=O)([O-])[O-].[Al+3]. The standard InChI is InChI=1S/Al.2H2O4S/c;2*1-5(2,3)4/h;2*(H2,1,2,3,4)/q+3;;/p-3. The normalized spacial score (nSPS) is 10.5. The van der Waals surface area contributed by atoms with Crippen LogP contribution in [0.2, 0.25) is 0 Å². The van der Waals surface area contributed by atoms with Gasteiger partial charge < -0.3 is 13.7 Å². The summed E-state index contributed by atoms with van der Waals surface area (Å²) in [6, 6.07) is 0. The molecule has 0 atom stereocenters. The van der Waals surface area contributed by atoms with Crippen molar-refractivity contribution < 1.29 is 35.0 Å². The van der Waals surface area contributed by atoms with Crippen LogP contribution in [0.15, 0.2) is 0 Å². The van der Waals surface area contributed by atoms with Crippen molar-refractivity contribution >= 4 is 38.2 Å². The number of rotatable bonds is 0. The molecule has 0 heterocycles. The Kier molecular flexibility index (Phi) is 9.27. The second-order valence-electron chi connectivity index (χ2n) is 0.836. The third-order valence-electron chi connectivity index (χ3n) is 0. The van der Waals surface area contributed by atoms with E-state index >= 15 is 0 Å². The molecule has 0 aliphatic rings. The van der Waals surface area contributed by atoms with Crippen molar-refractivity contribution in [2.75, 3.05) is 0 Å². The fraction of sp³-hybridized carbons (Fsp3) is 0. The molecule has 0 spiro atoms. The van der Waals surface area contributed by atoms with Crippen molar-refractivity contribution in [2.45, 2.75) is 0 Å². The molecule has 0 radical (unpaired) electrons. The van der Waals surface area contributed by atoms with Gasteiger partial charge in [-0.2, -0.15) is 0 Å². The van der Waals surface area contributed by atoms with Gasteiger partial charge >= 0.3 is 17.4 Å². The number of hydrogen-bond donors (Lipinski definition) is 1. The maximum absolute atomic E-state index is 8.63. The molecule has 0 aliphatic heterocycles. The molecule has 0 aromatic carbocycles. The van der Waals surface area contributed by atoms with Gasteiger partial charge in [0.15, 0.2) is 0 Å². The second-order valence-corrected chi connectivity index (χ2v) is 2.51. The van der Waals surface area contributed by atoms with Gasteiger partial charge in [-0.15, -0.1) is 0 Å². The summed E-state index contributed by atoms with van der Waals surface area (Å²) in [4.78, 5) is 0. The summed E-state index contributed by atoms with van der Waals surface area (Å²) in [6.07, 6.45) is 0. The topological polar surface area (TPSA) is 158 Å². The zero-order valence-corrected chi connectivity index (χ0v) is 7.49. The van der Waals surface area contributed by atoms with Gasteiger partial charge in [0, 0.05) is 10.4 Å². The Balaban J connectivity index is -0.000000107. The van der Waals surface area contributed by atoms with Crippen molar-refractivity contribution in [3.05, 3.63) is 0 Å². The Bertz CT molecular complexity index is 208. The van der Waals surface area contributed by atoms with Gasteiger partial charge in [0.05, 0.1) is 0 Å². The molecule has 11 heavy (non-hydrogen) atoms. The van der Waals surface area contributed by atoms with Crippen LogP contribution in [0.5, 0.6) is 0 Å². The van der Waals surface area contributed by atoms with E-state index in [1.54, 1.807) is 0 Å². The van der Waals surface area contributed by atoms with Crippen LogP contribution in [0.3, 0.4) is 0 Å². The summed E-state index contributed by atoms with van der Waals surface area (Å²) in [5, 5.41) is 0. The minimum atomic E-state index is -5.17. The molecule has 0 fully saturated rings. The molecule has 64 valence electrons. The molecule has 0 bridgehead atoms. The quantitative estimate of drug-likeness (QED) is 0.262. The summed E-state index contributed by atoms with van der Waals surface area (Å²) >= 11 is 0. The Morgan fingerprint density at radius 3 is 0.909 bits per heavy atom. The van der Waals surface area contributed by atoms with Crippen LogP contribution in [0.4, 0.5) is 0 Å². The largest absolute Gasteiger partial charge is 3.00 e. The molecular weight excluding hydrogens is 219 g/mol. The van der Waals surface area contributed by atoms with E-state index in [1.165, 1.54) is 0 Å². The van der Waals surface area contributed by atoms with Gasteiger partial charge in [-0.3, -0.25) is 13.0 Å². The minimum absolute atomic E-state index is 0. The van der Waals surface area contributed by atoms with Crippen LogP contribution in [0.1, 0.15) is 0 Å². The van der Waals surface area contributed by atoms with Crippen molar-refractivity contribution in [1.82, 2.24) is 0 Å². The van der Waals surface area contributed by atoms with E-state index in [9.17, 15) is 0 Å². The van der Waals surface area contributed by atoms with E-state index in [0.29, 0.717) is 0 Å². The first-order valence-electron chi connectivity index (χ1n) is 1.35. The van der Waals surface area contributed by atoms with Gasteiger partial charge in [0.2, 0.25) is 10.4 Å². The van der Waals surface area contributed by atoms with Crippen LogP contribution in [0, 0.1) is 0 Å². The van der Waals surface area contributed by atoms with E-state index in [4.69, 9.17) is 35.0 Å². The first kappa shape index (κ1) is 17.4.